The maximum atomic E-state index is 12.8. The zero-order chi connectivity index (χ0) is 20.0. The highest BCUT2D eigenvalue weighted by Gasteiger charge is 2.32. The van der Waals surface area contributed by atoms with E-state index in [-0.39, 0.29) is 24.1 Å². The van der Waals surface area contributed by atoms with Crippen molar-refractivity contribution in [2.24, 2.45) is 5.92 Å². The molecule has 2 aromatic rings. The smallest absolute Gasteiger partial charge is 0.224 e. The van der Waals surface area contributed by atoms with Gasteiger partial charge in [-0.05, 0) is 49.1 Å². The molecule has 1 unspecified atom stereocenters. The van der Waals surface area contributed by atoms with Crippen molar-refractivity contribution in [1.82, 2.24) is 9.62 Å². The number of aryl methyl sites for hydroxylation is 1. The van der Waals surface area contributed by atoms with E-state index in [1.807, 2.05) is 12.1 Å². The van der Waals surface area contributed by atoms with Gasteiger partial charge in [0.25, 0.3) is 0 Å². The van der Waals surface area contributed by atoms with E-state index in [0.29, 0.717) is 36.5 Å². The maximum absolute atomic E-state index is 12.8. The van der Waals surface area contributed by atoms with Crippen LogP contribution in [0, 0.1) is 5.92 Å². The number of rotatable bonds is 8. The van der Waals surface area contributed by atoms with Crippen LogP contribution in [0.4, 0.5) is 0 Å². The number of piperidine rings is 1. The normalized spacial score (nSPS) is 18.1. The summed E-state index contributed by atoms with van der Waals surface area (Å²) in [5.74, 6) is 0.393. The first kappa shape index (κ1) is 20.9. The molecule has 2 heterocycles. The first-order valence-corrected chi connectivity index (χ1v) is 11.4. The Morgan fingerprint density at radius 2 is 2.14 bits per heavy atom. The Morgan fingerprint density at radius 3 is 2.89 bits per heavy atom. The lowest BCUT2D eigenvalue weighted by atomic mass is 9.99. The van der Waals surface area contributed by atoms with E-state index in [2.05, 4.69) is 5.32 Å². The van der Waals surface area contributed by atoms with Crippen molar-refractivity contribution in [3.8, 4) is 0 Å². The molecule has 1 saturated heterocycles. The molecule has 1 N–H and O–H groups in total. The van der Waals surface area contributed by atoms with Crippen molar-refractivity contribution in [1.29, 1.82) is 0 Å². The number of amides is 1. The number of carbonyl (C=O) groups excluding carboxylic acids is 1. The van der Waals surface area contributed by atoms with Gasteiger partial charge in [0.15, 0.2) is 0 Å². The molecule has 1 aromatic carbocycles. The topological polar surface area (TPSA) is 79.6 Å². The van der Waals surface area contributed by atoms with Gasteiger partial charge in [-0.3, -0.25) is 4.79 Å². The van der Waals surface area contributed by atoms with Crippen molar-refractivity contribution >= 4 is 27.5 Å². The number of nitrogens with one attached hydrogen (secondary N) is 1. The average Bonchev–Trinajstić information content (AvgIpc) is 3.18. The number of nitrogens with zero attached hydrogens (tertiary/aromatic N) is 1. The van der Waals surface area contributed by atoms with Crippen molar-refractivity contribution in [2.75, 3.05) is 19.6 Å². The fraction of sp³-hybridized carbons (Fsp3) is 0.450. The molecule has 6 nitrogen and oxygen atoms in total. The number of benzene rings is 1. The molecule has 8 heteroatoms. The lowest BCUT2D eigenvalue weighted by Gasteiger charge is -2.31. The third kappa shape index (κ3) is 5.83. The number of carbonyl (C=O) groups is 1. The van der Waals surface area contributed by atoms with Crippen LogP contribution >= 0.6 is 11.6 Å². The lowest BCUT2D eigenvalue weighted by molar-refractivity contribution is -0.126. The standard InChI is InChI=1S/C20H25ClN2O4S/c21-18-7-1-5-16(13-18)15-28(25,26)23-11-3-6-17(14-23)20(24)22-10-2-8-19-9-4-12-27-19/h1,4-5,7,9,12-13,17H,2-3,6,8,10-11,14-15H2,(H,22,24). The summed E-state index contributed by atoms with van der Waals surface area (Å²) < 4.78 is 32.2. The van der Waals surface area contributed by atoms with E-state index in [4.69, 9.17) is 16.0 Å². The summed E-state index contributed by atoms with van der Waals surface area (Å²) in [6.45, 7) is 1.23. The van der Waals surface area contributed by atoms with Gasteiger partial charge in [0.2, 0.25) is 15.9 Å². The Balaban J connectivity index is 1.50. The molecule has 1 fully saturated rings. The molecule has 1 amide bonds. The number of furan rings is 1. The van der Waals surface area contributed by atoms with Crippen molar-refractivity contribution in [2.45, 2.75) is 31.4 Å². The summed E-state index contributed by atoms with van der Waals surface area (Å²) in [6.07, 6.45) is 4.56. The number of hydrogen-bond donors (Lipinski definition) is 1. The van der Waals surface area contributed by atoms with Crippen LogP contribution in [0.1, 0.15) is 30.6 Å². The Labute approximate surface area is 170 Å². The predicted molar refractivity (Wildman–Crippen MR) is 108 cm³/mol. The van der Waals surface area contributed by atoms with Gasteiger partial charge in [0.05, 0.1) is 17.9 Å². The highest BCUT2D eigenvalue weighted by molar-refractivity contribution is 7.88. The second-order valence-electron chi connectivity index (χ2n) is 7.06. The molecule has 0 aliphatic carbocycles. The molecular weight excluding hydrogens is 400 g/mol. The predicted octanol–water partition coefficient (Wildman–Crippen LogP) is 3.22. The molecule has 0 radical (unpaired) electrons. The highest BCUT2D eigenvalue weighted by Crippen LogP contribution is 2.22. The van der Waals surface area contributed by atoms with Gasteiger partial charge in [-0.25, -0.2) is 12.7 Å². The van der Waals surface area contributed by atoms with Crippen LogP contribution in [0.3, 0.4) is 0 Å². The fourth-order valence-corrected chi connectivity index (χ4v) is 5.22. The van der Waals surface area contributed by atoms with E-state index in [0.717, 1.165) is 18.6 Å². The van der Waals surface area contributed by atoms with Gasteiger partial charge in [-0.1, -0.05) is 23.7 Å². The largest absolute Gasteiger partial charge is 0.469 e. The number of sulfonamides is 1. The van der Waals surface area contributed by atoms with Gasteiger partial charge in [0, 0.05) is 31.1 Å². The highest BCUT2D eigenvalue weighted by atomic mass is 35.5. The summed E-state index contributed by atoms with van der Waals surface area (Å²) in [7, 11) is -3.49. The van der Waals surface area contributed by atoms with E-state index in [1.165, 1.54) is 4.31 Å². The minimum Gasteiger partial charge on any atom is -0.469 e. The van der Waals surface area contributed by atoms with Crippen LogP contribution in [0.2, 0.25) is 5.02 Å². The molecule has 0 saturated carbocycles. The van der Waals surface area contributed by atoms with Crippen LogP contribution in [-0.4, -0.2) is 38.3 Å². The zero-order valence-electron chi connectivity index (χ0n) is 15.6. The Bertz CT molecular complexity index is 883. The summed E-state index contributed by atoms with van der Waals surface area (Å²) in [5.41, 5.74) is 0.650. The van der Waals surface area contributed by atoms with Gasteiger partial charge < -0.3 is 9.73 Å². The molecule has 1 atom stereocenters. The first-order valence-electron chi connectivity index (χ1n) is 9.46. The van der Waals surface area contributed by atoms with Crippen LogP contribution < -0.4 is 5.32 Å². The summed E-state index contributed by atoms with van der Waals surface area (Å²) in [6, 6.07) is 10.6. The van der Waals surface area contributed by atoms with Gasteiger partial charge in [-0.15, -0.1) is 0 Å². The van der Waals surface area contributed by atoms with Gasteiger partial charge >= 0.3 is 0 Å². The number of halogens is 1. The van der Waals surface area contributed by atoms with E-state index >= 15 is 0 Å². The molecule has 1 aliphatic heterocycles. The summed E-state index contributed by atoms with van der Waals surface area (Å²) in [4.78, 5) is 12.5. The molecule has 1 aromatic heterocycles. The second-order valence-corrected chi connectivity index (χ2v) is 9.46. The minimum absolute atomic E-state index is 0.0814. The maximum Gasteiger partial charge on any atom is 0.224 e. The Morgan fingerprint density at radius 1 is 1.29 bits per heavy atom. The van der Waals surface area contributed by atoms with Crippen LogP contribution in [0.15, 0.2) is 47.1 Å². The van der Waals surface area contributed by atoms with Crippen molar-refractivity contribution in [3.63, 3.8) is 0 Å². The number of hydrogen-bond acceptors (Lipinski definition) is 4. The third-order valence-electron chi connectivity index (χ3n) is 4.87. The van der Waals surface area contributed by atoms with Gasteiger partial charge in [-0.2, -0.15) is 0 Å². The third-order valence-corrected chi connectivity index (χ3v) is 6.92. The minimum atomic E-state index is -3.49. The van der Waals surface area contributed by atoms with Crippen LogP contribution in [0.5, 0.6) is 0 Å². The molecule has 0 spiro atoms. The fourth-order valence-electron chi connectivity index (χ4n) is 3.41. The van der Waals surface area contributed by atoms with E-state index < -0.39 is 10.0 Å². The van der Waals surface area contributed by atoms with Crippen LogP contribution in [0.25, 0.3) is 0 Å². The van der Waals surface area contributed by atoms with Crippen LogP contribution in [-0.2, 0) is 27.0 Å². The average molecular weight is 425 g/mol. The summed E-state index contributed by atoms with van der Waals surface area (Å²) in [5, 5.41) is 3.44. The first-order chi connectivity index (χ1) is 13.4. The van der Waals surface area contributed by atoms with E-state index in [1.54, 1.807) is 30.5 Å². The SMILES string of the molecule is O=C(NCCCc1ccco1)C1CCCN(S(=O)(=O)Cc2cccc(Cl)c2)C1. The zero-order valence-corrected chi connectivity index (χ0v) is 17.2. The second kappa shape index (κ2) is 9.58. The Kier molecular flexibility index (Phi) is 7.15. The molecular formula is C20H25ClN2O4S. The Hall–Kier alpha value is -1.83. The monoisotopic (exact) mass is 424 g/mol. The lowest BCUT2D eigenvalue weighted by Crippen LogP contribution is -2.45. The molecule has 1 aliphatic rings. The quantitative estimate of drug-likeness (QED) is 0.660. The van der Waals surface area contributed by atoms with E-state index in [9.17, 15) is 13.2 Å². The molecule has 152 valence electrons. The van der Waals surface area contributed by atoms with Gasteiger partial charge in [0.1, 0.15) is 5.76 Å². The van der Waals surface area contributed by atoms with Crippen molar-refractivity contribution < 1.29 is 17.6 Å². The molecule has 0 bridgehead atoms. The molecule has 3 rings (SSSR count). The summed E-state index contributed by atoms with van der Waals surface area (Å²) >= 11 is 5.95. The molecule has 28 heavy (non-hydrogen) atoms. The van der Waals surface area contributed by atoms with Crippen molar-refractivity contribution in [3.05, 3.63) is 59.0 Å².